The molecule has 106 valence electrons. The molecule has 2 aromatic carbocycles. The molecule has 0 saturated carbocycles. The summed E-state index contributed by atoms with van der Waals surface area (Å²) in [7, 11) is 0. The Kier molecular flexibility index (Phi) is 4.01. The van der Waals surface area contributed by atoms with Crippen molar-refractivity contribution in [3.05, 3.63) is 83.9 Å². The van der Waals surface area contributed by atoms with Gasteiger partial charge in [0.05, 0.1) is 6.33 Å². The van der Waals surface area contributed by atoms with Gasteiger partial charge in [0.25, 0.3) is 0 Å². The molecule has 0 saturated heterocycles. The van der Waals surface area contributed by atoms with Gasteiger partial charge in [-0.25, -0.2) is 4.98 Å². The molecule has 3 heteroatoms. The van der Waals surface area contributed by atoms with E-state index in [-0.39, 0.29) is 0 Å². The maximum atomic E-state index is 4.07. The van der Waals surface area contributed by atoms with Crippen molar-refractivity contribution in [3.8, 4) is 0 Å². The molecule has 3 rings (SSSR count). The van der Waals surface area contributed by atoms with Gasteiger partial charge in [0.2, 0.25) is 0 Å². The fraction of sp³-hybridized carbons (Fsp3) is 0.167. The maximum absolute atomic E-state index is 4.07. The second-order valence-corrected chi connectivity index (χ2v) is 5.22. The van der Waals surface area contributed by atoms with E-state index in [4.69, 9.17) is 0 Å². The zero-order valence-corrected chi connectivity index (χ0v) is 12.2. The summed E-state index contributed by atoms with van der Waals surface area (Å²) in [5.41, 5.74) is 5.07. The Hall–Kier alpha value is -2.55. The first-order valence-corrected chi connectivity index (χ1v) is 7.14. The molecular formula is C18H19N3. The van der Waals surface area contributed by atoms with Crippen LogP contribution in [-0.4, -0.2) is 9.55 Å². The van der Waals surface area contributed by atoms with Gasteiger partial charge in [0.15, 0.2) is 0 Å². The van der Waals surface area contributed by atoms with Gasteiger partial charge < -0.3 is 9.88 Å². The van der Waals surface area contributed by atoms with Crippen molar-refractivity contribution in [3.63, 3.8) is 0 Å². The lowest BCUT2D eigenvalue weighted by Gasteiger charge is -2.10. The number of rotatable bonds is 5. The minimum absolute atomic E-state index is 0.847. The van der Waals surface area contributed by atoms with Crippen molar-refractivity contribution >= 4 is 5.69 Å². The van der Waals surface area contributed by atoms with Crippen molar-refractivity contribution in [2.45, 2.75) is 20.0 Å². The number of nitrogens with zero attached hydrogens (tertiary/aromatic N) is 2. The minimum Gasteiger partial charge on any atom is -0.381 e. The van der Waals surface area contributed by atoms with Crippen molar-refractivity contribution < 1.29 is 0 Å². The van der Waals surface area contributed by atoms with Crippen molar-refractivity contribution in [1.29, 1.82) is 0 Å². The van der Waals surface area contributed by atoms with E-state index in [1.807, 2.05) is 12.5 Å². The molecule has 3 nitrogen and oxygen atoms in total. The van der Waals surface area contributed by atoms with E-state index in [9.17, 15) is 0 Å². The van der Waals surface area contributed by atoms with Crippen LogP contribution in [0.15, 0.2) is 67.3 Å². The predicted octanol–water partition coefficient (Wildman–Crippen LogP) is 3.85. The molecular weight excluding hydrogens is 258 g/mol. The Labute approximate surface area is 125 Å². The van der Waals surface area contributed by atoms with Crippen LogP contribution < -0.4 is 5.32 Å². The first-order chi connectivity index (χ1) is 10.3. The number of hydrogen-bond acceptors (Lipinski definition) is 2. The Morgan fingerprint density at radius 1 is 1.10 bits per heavy atom. The van der Waals surface area contributed by atoms with Crippen LogP contribution in [0.25, 0.3) is 0 Å². The molecule has 1 heterocycles. The van der Waals surface area contributed by atoms with Crippen molar-refractivity contribution in [1.82, 2.24) is 9.55 Å². The standard InChI is InChI=1S/C18H19N3/c1-15-5-2-3-7-17(15)12-20-18-8-4-6-16(11-18)13-21-10-9-19-14-21/h2-11,14,20H,12-13H2,1H3. The molecule has 21 heavy (non-hydrogen) atoms. The van der Waals surface area contributed by atoms with Gasteiger partial charge in [-0.15, -0.1) is 0 Å². The van der Waals surface area contributed by atoms with Gasteiger partial charge in [0.1, 0.15) is 0 Å². The van der Waals surface area contributed by atoms with Crippen molar-refractivity contribution in [2.75, 3.05) is 5.32 Å². The summed E-state index contributed by atoms with van der Waals surface area (Å²) in [4.78, 5) is 4.07. The van der Waals surface area contributed by atoms with E-state index >= 15 is 0 Å². The molecule has 0 unspecified atom stereocenters. The molecule has 0 aliphatic rings. The smallest absolute Gasteiger partial charge is 0.0949 e. The average Bonchev–Trinajstić information content (AvgIpc) is 3.00. The average molecular weight is 277 g/mol. The predicted molar refractivity (Wildman–Crippen MR) is 86.3 cm³/mol. The lowest BCUT2D eigenvalue weighted by molar-refractivity contribution is 0.797. The number of aromatic nitrogens is 2. The fourth-order valence-corrected chi connectivity index (χ4v) is 2.38. The third-order valence-corrected chi connectivity index (χ3v) is 3.60. The van der Waals surface area contributed by atoms with Crippen LogP contribution in [0.1, 0.15) is 16.7 Å². The maximum Gasteiger partial charge on any atom is 0.0949 e. The van der Waals surface area contributed by atoms with E-state index in [1.165, 1.54) is 16.7 Å². The molecule has 0 aliphatic heterocycles. The number of imidazole rings is 1. The SMILES string of the molecule is Cc1ccccc1CNc1cccc(Cn2ccnc2)c1. The highest BCUT2D eigenvalue weighted by Gasteiger charge is 1.99. The highest BCUT2D eigenvalue weighted by atomic mass is 15.0. The van der Waals surface area contributed by atoms with Crippen LogP contribution in [0, 0.1) is 6.92 Å². The normalized spacial score (nSPS) is 10.5. The highest BCUT2D eigenvalue weighted by molar-refractivity contribution is 5.46. The third-order valence-electron chi connectivity index (χ3n) is 3.60. The minimum atomic E-state index is 0.847. The Morgan fingerprint density at radius 3 is 2.81 bits per heavy atom. The lowest BCUT2D eigenvalue weighted by atomic mass is 10.1. The molecule has 3 aromatic rings. The van der Waals surface area contributed by atoms with E-state index in [0.29, 0.717) is 0 Å². The number of hydrogen-bond donors (Lipinski definition) is 1. The van der Waals surface area contributed by atoms with E-state index in [0.717, 1.165) is 18.8 Å². The number of nitrogens with one attached hydrogen (secondary N) is 1. The number of anilines is 1. The Bertz CT molecular complexity index is 702. The lowest BCUT2D eigenvalue weighted by Crippen LogP contribution is -2.02. The second-order valence-electron chi connectivity index (χ2n) is 5.22. The molecule has 0 aliphatic carbocycles. The largest absolute Gasteiger partial charge is 0.381 e. The highest BCUT2D eigenvalue weighted by Crippen LogP contribution is 2.14. The van der Waals surface area contributed by atoms with Crippen LogP contribution in [0.2, 0.25) is 0 Å². The topological polar surface area (TPSA) is 29.9 Å². The molecule has 0 radical (unpaired) electrons. The molecule has 0 atom stereocenters. The van der Waals surface area contributed by atoms with Gasteiger partial charge >= 0.3 is 0 Å². The number of benzene rings is 2. The van der Waals surface area contributed by atoms with Gasteiger partial charge in [-0.3, -0.25) is 0 Å². The second kappa shape index (κ2) is 6.27. The summed E-state index contributed by atoms with van der Waals surface area (Å²) < 4.78 is 2.07. The summed E-state index contributed by atoms with van der Waals surface area (Å²) in [6.07, 6.45) is 5.63. The Morgan fingerprint density at radius 2 is 2.00 bits per heavy atom. The first kappa shape index (κ1) is 13.4. The van der Waals surface area contributed by atoms with Gasteiger partial charge in [-0.2, -0.15) is 0 Å². The zero-order chi connectivity index (χ0) is 14.5. The summed E-state index contributed by atoms with van der Waals surface area (Å²) in [5.74, 6) is 0. The summed E-state index contributed by atoms with van der Waals surface area (Å²) in [6.45, 7) is 3.84. The summed E-state index contributed by atoms with van der Waals surface area (Å²) in [5, 5.41) is 3.50. The van der Waals surface area contributed by atoms with Crippen LogP contribution in [0.4, 0.5) is 5.69 Å². The summed E-state index contributed by atoms with van der Waals surface area (Å²) in [6, 6.07) is 17.0. The fourth-order valence-electron chi connectivity index (χ4n) is 2.38. The van der Waals surface area contributed by atoms with Crippen LogP contribution >= 0.6 is 0 Å². The van der Waals surface area contributed by atoms with Crippen LogP contribution in [0.3, 0.4) is 0 Å². The van der Waals surface area contributed by atoms with E-state index in [2.05, 4.69) is 70.3 Å². The van der Waals surface area contributed by atoms with Gasteiger partial charge in [-0.1, -0.05) is 36.4 Å². The molecule has 0 fully saturated rings. The van der Waals surface area contributed by atoms with E-state index in [1.54, 1.807) is 6.20 Å². The Balaban J connectivity index is 1.67. The van der Waals surface area contributed by atoms with Gasteiger partial charge in [-0.05, 0) is 35.7 Å². The quantitative estimate of drug-likeness (QED) is 0.767. The van der Waals surface area contributed by atoms with Crippen molar-refractivity contribution in [2.24, 2.45) is 0 Å². The monoisotopic (exact) mass is 277 g/mol. The van der Waals surface area contributed by atoms with Crippen LogP contribution in [-0.2, 0) is 13.1 Å². The van der Waals surface area contributed by atoms with E-state index < -0.39 is 0 Å². The molecule has 0 spiro atoms. The molecule has 0 amide bonds. The summed E-state index contributed by atoms with van der Waals surface area (Å²) >= 11 is 0. The molecule has 1 N–H and O–H groups in total. The molecule has 1 aromatic heterocycles. The number of aryl methyl sites for hydroxylation is 1. The first-order valence-electron chi connectivity index (χ1n) is 7.14. The van der Waals surface area contributed by atoms with Crippen LogP contribution in [0.5, 0.6) is 0 Å². The van der Waals surface area contributed by atoms with Gasteiger partial charge in [0, 0.05) is 31.2 Å². The zero-order valence-electron chi connectivity index (χ0n) is 12.2. The molecule has 0 bridgehead atoms. The third kappa shape index (κ3) is 3.51.